The lowest BCUT2D eigenvalue weighted by atomic mass is 10.2. The summed E-state index contributed by atoms with van der Waals surface area (Å²) in [4.78, 5) is 16.0. The van der Waals surface area contributed by atoms with Crippen molar-refractivity contribution in [3.8, 4) is 5.75 Å². The molecule has 0 amide bonds. The summed E-state index contributed by atoms with van der Waals surface area (Å²) < 4.78 is 80.1. The van der Waals surface area contributed by atoms with Crippen LogP contribution in [-0.4, -0.2) is 90.9 Å². The smallest absolute Gasteiger partial charge is 0.313 e. The van der Waals surface area contributed by atoms with Gasteiger partial charge in [-0.3, -0.25) is 9.79 Å². The molecule has 0 bridgehead atoms. The van der Waals surface area contributed by atoms with Crippen LogP contribution in [0.3, 0.4) is 0 Å². The van der Waals surface area contributed by atoms with Crippen molar-refractivity contribution in [3.63, 3.8) is 0 Å². The number of carbonyl (C=O) groups excluding carboxylic acids is 1. The Morgan fingerprint density at radius 1 is 0.821 bits per heavy atom. The van der Waals surface area contributed by atoms with Gasteiger partial charge in [-0.05, 0) is 33.4 Å². The van der Waals surface area contributed by atoms with E-state index in [1.54, 1.807) is 6.21 Å². The standard InChI is InChI=1S/C25H38F4N4O6/c1-18-21(26)23(28)24(29)25(22(18)27)39-20(34)6-10-36-12-14-38-16-15-37-13-11-35-9-5-19(33-30)17-32-8-4-3-7-31-2/h17,31H,3-16,30H2,1-2H3. The lowest BCUT2D eigenvalue weighted by Gasteiger charge is -2.10. The Hall–Kier alpha value is -2.65. The van der Waals surface area contributed by atoms with E-state index in [1.807, 2.05) is 7.05 Å². The number of halogens is 4. The number of nitrogens with zero attached hydrogens (tertiary/aromatic N) is 2. The Morgan fingerprint density at radius 2 is 1.38 bits per heavy atom. The number of benzene rings is 1. The second-order valence-electron chi connectivity index (χ2n) is 8.10. The molecule has 1 rings (SSSR count). The molecule has 10 nitrogen and oxygen atoms in total. The van der Waals surface area contributed by atoms with Gasteiger partial charge in [-0.2, -0.15) is 9.49 Å². The molecule has 0 unspecified atom stereocenters. The molecule has 0 heterocycles. The molecule has 0 aliphatic carbocycles. The van der Waals surface area contributed by atoms with Crippen LogP contribution in [0.25, 0.3) is 0 Å². The van der Waals surface area contributed by atoms with Gasteiger partial charge in [-0.25, -0.2) is 13.2 Å². The van der Waals surface area contributed by atoms with Crippen molar-refractivity contribution in [2.45, 2.75) is 32.6 Å². The number of carbonyl (C=O) groups is 1. The van der Waals surface area contributed by atoms with E-state index in [2.05, 4.69) is 20.1 Å². The molecule has 39 heavy (non-hydrogen) atoms. The second kappa shape index (κ2) is 21.2. The van der Waals surface area contributed by atoms with Crippen molar-refractivity contribution in [1.29, 1.82) is 0 Å². The Morgan fingerprint density at radius 3 is 1.95 bits per heavy atom. The second-order valence-corrected chi connectivity index (χ2v) is 8.10. The maximum atomic E-state index is 13.9. The minimum Gasteiger partial charge on any atom is -0.420 e. The fourth-order valence-electron chi connectivity index (χ4n) is 2.91. The topological polar surface area (TPSA) is 126 Å². The monoisotopic (exact) mass is 566 g/mol. The van der Waals surface area contributed by atoms with E-state index < -0.39 is 40.6 Å². The van der Waals surface area contributed by atoms with Crippen LogP contribution < -0.4 is 15.9 Å². The maximum Gasteiger partial charge on any atom is 0.313 e. The molecule has 0 atom stereocenters. The van der Waals surface area contributed by atoms with Crippen LogP contribution in [0.2, 0.25) is 0 Å². The quantitative estimate of drug-likeness (QED) is 0.0253. The van der Waals surface area contributed by atoms with E-state index in [1.165, 1.54) is 0 Å². The summed E-state index contributed by atoms with van der Waals surface area (Å²) in [6, 6.07) is 0. The molecule has 0 radical (unpaired) electrons. The molecule has 14 heteroatoms. The average Bonchev–Trinajstić information content (AvgIpc) is 2.93. The highest BCUT2D eigenvalue weighted by Crippen LogP contribution is 2.29. The SMILES string of the molecule is CNCCCCN=CC(CCOCCOCCOCCOCCC(=O)Oc1c(F)c(C)c(F)c(F)c1F)=NN. The van der Waals surface area contributed by atoms with E-state index >= 15 is 0 Å². The number of hydrogen-bond acceptors (Lipinski definition) is 10. The van der Waals surface area contributed by atoms with Gasteiger partial charge in [0.1, 0.15) is 0 Å². The van der Waals surface area contributed by atoms with Crippen LogP contribution in [0.1, 0.15) is 31.2 Å². The lowest BCUT2D eigenvalue weighted by molar-refractivity contribution is -0.136. The van der Waals surface area contributed by atoms with Crippen molar-refractivity contribution < 1.29 is 46.0 Å². The third-order valence-corrected chi connectivity index (χ3v) is 5.10. The largest absolute Gasteiger partial charge is 0.420 e. The maximum absolute atomic E-state index is 13.9. The number of nitrogens with two attached hydrogens (primary N) is 1. The summed E-state index contributed by atoms with van der Waals surface area (Å²) in [7, 11) is 1.91. The molecule has 0 aliphatic heterocycles. The summed E-state index contributed by atoms with van der Waals surface area (Å²) >= 11 is 0. The van der Waals surface area contributed by atoms with Gasteiger partial charge < -0.3 is 34.8 Å². The summed E-state index contributed by atoms with van der Waals surface area (Å²) in [5.41, 5.74) is -0.126. The molecule has 0 aliphatic rings. The van der Waals surface area contributed by atoms with Crippen LogP contribution in [0, 0.1) is 30.2 Å². The Labute approximate surface area is 225 Å². The summed E-state index contributed by atoms with van der Waals surface area (Å²) in [6.45, 7) is 4.71. The van der Waals surface area contributed by atoms with Crippen LogP contribution >= 0.6 is 0 Å². The van der Waals surface area contributed by atoms with E-state index in [9.17, 15) is 22.4 Å². The van der Waals surface area contributed by atoms with Gasteiger partial charge >= 0.3 is 5.97 Å². The molecule has 1 aromatic rings. The Kier molecular flexibility index (Phi) is 18.7. The summed E-state index contributed by atoms with van der Waals surface area (Å²) in [5, 5.41) is 6.78. The van der Waals surface area contributed by atoms with E-state index in [-0.39, 0.29) is 26.2 Å². The number of ether oxygens (including phenoxy) is 5. The predicted octanol–water partition coefficient (Wildman–Crippen LogP) is 2.69. The van der Waals surface area contributed by atoms with Gasteiger partial charge in [-0.1, -0.05) is 0 Å². The summed E-state index contributed by atoms with van der Waals surface area (Å²) in [5.74, 6) is -3.97. The minimum absolute atomic E-state index is 0.124. The van der Waals surface area contributed by atoms with Crippen molar-refractivity contribution in [1.82, 2.24) is 5.32 Å². The van der Waals surface area contributed by atoms with Crippen LogP contribution in [0.15, 0.2) is 10.1 Å². The number of hydrazone groups is 1. The van der Waals surface area contributed by atoms with Crippen LogP contribution in [-0.2, 0) is 23.7 Å². The highest BCUT2D eigenvalue weighted by atomic mass is 19.2. The van der Waals surface area contributed by atoms with Gasteiger partial charge in [0.2, 0.25) is 11.6 Å². The van der Waals surface area contributed by atoms with Gasteiger partial charge in [0, 0.05) is 24.7 Å². The predicted molar refractivity (Wildman–Crippen MR) is 137 cm³/mol. The normalized spacial score (nSPS) is 12.0. The molecule has 3 N–H and O–H groups in total. The molecule has 222 valence electrons. The molecular formula is C25H38F4N4O6. The first-order chi connectivity index (χ1) is 18.8. The first-order valence-electron chi connectivity index (χ1n) is 12.6. The van der Waals surface area contributed by atoms with Gasteiger partial charge in [0.25, 0.3) is 0 Å². The number of nitrogens with one attached hydrogen (secondary N) is 1. The van der Waals surface area contributed by atoms with E-state index in [0.717, 1.165) is 32.9 Å². The first-order valence-corrected chi connectivity index (χ1v) is 12.6. The van der Waals surface area contributed by atoms with Crippen LogP contribution in [0.4, 0.5) is 17.6 Å². The molecule has 0 fully saturated rings. The lowest BCUT2D eigenvalue weighted by Crippen LogP contribution is -2.16. The zero-order chi connectivity index (χ0) is 28.9. The molecule has 0 spiro atoms. The Bertz CT molecular complexity index is 892. The molecule has 0 saturated carbocycles. The van der Waals surface area contributed by atoms with Crippen molar-refractivity contribution in [3.05, 3.63) is 28.8 Å². The zero-order valence-corrected chi connectivity index (χ0v) is 22.4. The van der Waals surface area contributed by atoms with Crippen molar-refractivity contribution in [2.24, 2.45) is 15.9 Å². The van der Waals surface area contributed by atoms with Gasteiger partial charge in [0.15, 0.2) is 17.5 Å². The Balaban J connectivity index is 1.99. The third kappa shape index (κ3) is 14.3. The minimum atomic E-state index is -1.92. The number of unbranched alkanes of at least 4 members (excludes halogenated alkanes) is 1. The number of esters is 1. The van der Waals surface area contributed by atoms with Crippen molar-refractivity contribution >= 4 is 17.9 Å². The fourth-order valence-corrected chi connectivity index (χ4v) is 2.91. The highest BCUT2D eigenvalue weighted by Gasteiger charge is 2.26. The van der Waals surface area contributed by atoms with Crippen LogP contribution in [0.5, 0.6) is 5.75 Å². The molecule has 1 aromatic carbocycles. The summed E-state index contributed by atoms with van der Waals surface area (Å²) in [6.07, 6.45) is 3.92. The number of aliphatic imine (C=N–C) groups is 1. The zero-order valence-electron chi connectivity index (χ0n) is 22.4. The molecule has 0 saturated heterocycles. The average molecular weight is 567 g/mol. The first kappa shape index (κ1) is 34.4. The van der Waals surface area contributed by atoms with E-state index in [0.29, 0.717) is 45.2 Å². The fraction of sp³-hybridized carbons (Fsp3) is 0.640. The molecular weight excluding hydrogens is 528 g/mol. The van der Waals surface area contributed by atoms with E-state index in [4.69, 9.17) is 24.8 Å². The third-order valence-electron chi connectivity index (χ3n) is 5.10. The number of hydrogen-bond donors (Lipinski definition) is 2. The van der Waals surface area contributed by atoms with Gasteiger partial charge in [0.05, 0.1) is 65.0 Å². The van der Waals surface area contributed by atoms with Crippen molar-refractivity contribution in [2.75, 3.05) is 73.0 Å². The van der Waals surface area contributed by atoms with Gasteiger partial charge in [-0.15, -0.1) is 0 Å². The number of rotatable bonds is 22. The highest BCUT2D eigenvalue weighted by molar-refractivity contribution is 6.30. The molecule has 0 aromatic heterocycles.